The third-order valence-corrected chi connectivity index (χ3v) is 8.63. The van der Waals surface area contributed by atoms with Crippen LogP contribution in [0.5, 0.6) is 0 Å². The van der Waals surface area contributed by atoms with Crippen LogP contribution in [-0.4, -0.2) is 46.2 Å². The van der Waals surface area contributed by atoms with Crippen molar-refractivity contribution in [3.63, 3.8) is 0 Å². The molecule has 35 heavy (non-hydrogen) atoms. The second-order valence-electron chi connectivity index (χ2n) is 11.7. The molecular formula is C30H53NO4. The lowest BCUT2D eigenvalue weighted by atomic mass is 9.44. The normalized spacial score (nSPS) is 28.1. The number of rotatable bonds is 17. The minimum Gasteiger partial charge on any atom is -0.464 e. The number of aliphatic hydroxyl groups is 2. The number of carbonyl (C=O) groups excluding carboxylic acids is 1. The Bertz CT molecular complexity index is 696. The molecule has 202 valence electrons. The second kappa shape index (κ2) is 14.5. The van der Waals surface area contributed by atoms with Gasteiger partial charge in [-0.05, 0) is 56.8 Å². The van der Waals surface area contributed by atoms with E-state index in [0.29, 0.717) is 18.1 Å². The van der Waals surface area contributed by atoms with Gasteiger partial charge in [0.05, 0.1) is 6.61 Å². The van der Waals surface area contributed by atoms with Crippen LogP contribution in [0.2, 0.25) is 0 Å². The van der Waals surface area contributed by atoms with Crippen molar-refractivity contribution < 1.29 is 19.7 Å². The van der Waals surface area contributed by atoms with Crippen LogP contribution in [0.3, 0.4) is 0 Å². The fraction of sp³-hybridized carbons (Fsp3) is 0.867. The lowest BCUT2D eigenvalue weighted by Crippen LogP contribution is -2.65. The van der Waals surface area contributed by atoms with E-state index in [1.807, 2.05) is 13.0 Å². The first-order valence-electron chi connectivity index (χ1n) is 14.5. The van der Waals surface area contributed by atoms with E-state index in [1.165, 1.54) is 64.2 Å². The van der Waals surface area contributed by atoms with Crippen molar-refractivity contribution in [3.8, 4) is 0 Å². The highest BCUT2D eigenvalue weighted by molar-refractivity contribution is 5.96. The second-order valence-corrected chi connectivity index (χ2v) is 11.7. The van der Waals surface area contributed by atoms with Gasteiger partial charge in [-0.15, -0.1) is 0 Å². The van der Waals surface area contributed by atoms with Gasteiger partial charge in [-0.25, -0.2) is 4.79 Å². The lowest BCUT2D eigenvalue weighted by molar-refractivity contribution is -0.147. The maximum atomic E-state index is 12.6. The van der Waals surface area contributed by atoms with E-state index in [2.05, 4.69) is 25.8 Å². The fourth-order valence-electron chi connectivity index (χ4n) is 6.07. The van der Waals surface area contributed by atoms with Crippen LogP contribution in [-0.2, 0) is 9.53 Å². The van der Waals surface area contributed by atoms with Gasteiger partial charge in [0.2, 0.25) is 0 Å². The summed E-state index contributed by atoms with van der Waals surface area (Å²) in [5.41, 5.74) is -0.342. The average molecular weight is 492 g/mol. The largest absolute Gasteiger partial charge is 0.464 e. The Balaban J connectivity index is 1.78. The Kier molecular flexibility index (Phi) is 12.5. The smallest absolute Gasteiger partial charge is 0.333 e. The van der Waals surface area contributed by atoms with E-state index in [0.717, 1.165) is 19.3 Å². The van der Waals surface area contributed by atoms with Gasteiger partial charge in [-0.1, -0.05) is 97.1 Å². The number of unbranched alkanes of at least 4 members (excludes halogenated alkanes) is 11. The van der Waals surface area contributed by atoms with Crippen molar-refractivity contribution in [3.05, 3.63) is 12.2 Å². The van der Waals surface area contributed by atoms with Gasteiger partial charge in [-0.2, -0.15) is 0 Å². The minimum atomic E-state index is -1.05. The number of ether oxygens (including phenoxy) is 1. The summed E-state index contributed by atoms with van der Waals surface area (Å²) in [6.07, 6.45) is 19.5. The van der Waals surface area contributed by atoms with Crippen LogP contribution in [0.4, 0.5) is 0 Å². The summed E-state index contributed by atoms with van der Waals surface area (Å²) in [4.78, 5) is 17.2. The molecule has 3 fully saturated rings. The molecule has 0 aromatic carbocycles. The summed E-state index contributed by atoms with van der Waals surface area (Å²) < 4.78 is 5.21. The molecule has 5 nitrogen and oxygen atoms in total. The summed E-state index contributed by atoms with van der Waals surface area (Å²) in [6.45, 7) is 10.5. The Hall–Kier alpha value is -1.20. The number of fused-ring (bicyclic) bond motifs is 2. The number of hydrogen-bond donors (Lipinski definition) is 2. The molecule has 0 heterocycles. The number of carbonyl (C=O) groups is 1. The Morgan fingerprint density at radius 2 is 1.60 bits per heavy atom. The molecule has 3 saturated carbocycles. The first-order valence-corrected chi connectivity index (χ1v) is 14.5. The lowest BCUT2D eigenvalue weighted by Gasteiger charge is -2.62. The maximum absolute atomic E-state index is 12.6. The van der Waals surface area contributed by atoms with Gasteiger partial charge in [0.25, 0.3) is 0 Å². The summed E-state index contributed by atoms with van der Waals surface area (Å²) in [5.74, 6) is 0.0632. The van der Waals surface area contributed by atoms with Crippen molar-refractivity contribution >= 4 is 11.7 Å². The van der Waals surface area contributed by atoms with Gasteiger partial charge in [-0.3, -0.25) is 4.99 Å². The topological polar surface area (TPSA) is 79.1 Å². The van der Waals surface area contributed by atoms with E-state index in [9.17, 15) is 15.0 Å². The molecule has 0 spiro atoms. The maximum Gasteiger partial charge on any atom is 0.333 e. The minimum absolute atomic E-state index is 0.0785. The van der Waals surface area contributed by atoms with E-state index in [-0.39, 0.29) is 17.9 Å². The van der Waals surface area contributed by atoms with Crippen LogP contribution in [0.1, 0.15) is 125 Å². The molecule has 0 aromatic rings. The van der Waals surface area contributed by atoms with Crippen LogP contribution >= 0.6 is 0 Å². The molecule has 0 saturated heterocycles. The molecule has 5 heteroatoms. The molecule has 3 aliphatic carbocycles. The van der Waals surface area contributed by atoms with Crippen molar-refractivity contribution in [1.82, 2.24) is 0 Å². The molecule has 0 unspecified atom stereocenters. The van der Waals surface area contributed by atoms with E-state index < -0.39 is 23.7 Å². The van der Waals surface area contributed by atoms with Gasteiger partial charge in [0.1, 0.15) is 11.7 Å². The molecule has 3 aliphatic rings. The predicted molar refractivity (Wildman–Crippen MR) is 145 cm³/mol. The van der Waals surface area contributed by atoms with Crippen LogP contribution in [0.15, 0.2) is 17.1 Å². The summed E-state index contributed by atoms with van der Waals surface area (Å²) in [6, 6.07) is -1.02. The van der Waals surface area contributed by atoms with Crippen molar-refractivity contribution in [2.75, 3.05) is 6.61 Å². The van der Waals surface area contributed by atoms with Crippen molar-refractivity contribution in [1.29, 1.82) is 0 Å². The van der Waals surface area contributed by atoms with Crippen molar-refractivity contribution in [2.45, 2.75) is 142 Å². The number of hydrogen-bond acceptors (Lipinski definition) is 5. The highest BCUT2D eigenvalue weighted by Crippen LogP contribution is 2.61. The SMILES string of the molecule is CCCCCCCCCCCCC/C=C/[C@@H](O)[C@H](N=C1C[C@@H]2C[C@@H](C2(C)C)[C@]1(C)O)C(=O)OCC. The van der Waals surface area contributed by atoms with Gasteiger partial charge >= 0.3 is 5.97 Å². The van der Waals surface area contributed by atoms with Crippen LogP contribution in [0.25, 0.3) is 0 Å². The highest BCUT2D eigenvalue weighted by Gasteiger charge is 2.61. The Morgan fingerprint density at radius 3 is 2.11 bits per heavy atom. The third-order valence-electron chi connectivity index (χ3n) is 8.63. The fourth-order valence-corrected chi connectivity index (χ4v) is 6.07. The molecule has 3 rings (SSSR count). The summed E-state index contributed by atoms with van der Waals surface area (Å²) in [7, 11) is 0. The molecule has 0 aromatic heterocycles. The molecule has 0 radical (unpaired) electrons. The molecule has 2 N–H and O–H groups in total. The molecule has 2 bridgehead atoms. The van der Waals surface area contributed by atoms with Gasteiger partial charge in [0.15, 0.2) is 6.04 Å². The first kappa shape index (κ1) is 30.0. The monoisotopic (exact) mass is 491 g/mol. The Labute approximate surface area is 214 Å². The first-order chi connectivity index (χ1) is 16.7. The Morgan fingerprint density at radius 1 is 1.03 bits per heavy atom. The third kappa shape index (κ3) is 8.42. The van der Waals surface area contributed by atoms with Gasteiger partial charge in [0, 0.05) is 5.71 Å². The number of aliphatic hydroxyl groups excluding tert-OH is 1. The average Bonchev–Trinajstić information content (AvgIpc) is 2.80. The standard InChI is InChI=1S/C30H53NO4/c1-6-8-9-10-11-12-13-14-15-16-17-18-19-20-24(32)27(28(33)35-7-2)31-26-22-23-21-25(29(23,3)4)30(26,5)34/h19-20,23-25,27,32,34H,6-18,21-22H2,1-5H3/b20-19+,31-26?/t23-,24+,25-,27-,30-/m0/s1. The molecule has 0 aliphatic heterocycles. The predicted octanol–water partition coefficient (Wildman–Crippen LogP) is 6.79. The van der Waals surface area contributed by atoms with E-state index >= 15 is 0 Å². The van der Waals surface area contributed by atoms with Crippen LogP contribution in [0, 0.1) is 17.3 Å². The summed E-state index contributed by atoms with van der Waals surface area (Å²) >= 11 is 0. The molecule has 0 amide bonds. The van der Waals surface area contributed by atoms with E-state index in [4.69, 9.17) is 4.74 Å². The zero-order chi connectivity index (χ0) is 25.9. The number of aliphatic imine (C=N–C) groups is 1. The summed E-state index contributed by atoms with van der Waals surface area (Å²) in [5, 5.41) is 22.0. The van der Waals surface area contributed by atoms with Gasteiger partial charge < -0.3 is 14.9 Å². The number of esters is 1. The zero-order valence-corrected chi connectivity index (χ0v) is 23.2. The number of nitrogens with zero attached hydrogens (tertiary/aromatic N) is 1. The van der Waals surface area contributed by atoms with Crippen LogP contribution < -0.4 is 0 Å². The highest BCUT2D eigenvalue weighted by atomic mass is 16.5. The molecular weight excluding hydrogens is 438 g/mol. The quantitative estimate of drug-likeness (QED) is 0.133. The molecule has 5 atom stereocenters. The zero-order valence-electron chi connectivity index (χ0n) is 23.2. The van der Waals surface area contributed by atoms with E-state index in [1.54, 1.807) is 13.0 Å². The van der Waals surface area contributed by atoms with Crippen molar-refractivity contribution in [2.24, 2.45) is 22.2 Å². The number of allylic oxidation sites excluding steroid dienone is 1.